The zero-order valence-corrected chi connectivity index (χ0v) is 15.9. The minimum absolute atomic E-state index is 0.0536. The first-order chi connectivity index (χ1) is 14.2. The van der Waals surface area contributed by atoms with Crippen LogP contribution >= 0.6 is 0 Å². The largest absolute Gasteiger partial charge is 0.449 e. The SMILES string of the molecule is O=C(NCCC=Cc1ccc[nH]c1=O)OCC1c2ccccc2-c2ccccc21. The highest BCUT2D eigenvalue weighted by Gasteiger charge is 2.28. The monoisotopic (exact) mass is 386 g/mol. The maximum absolute atomic E-state index is 12.1. The number of hydrogen-bond acceptors (Lipinski definition) is 3. The Bertz CT molecular complexity index is 1060. The second kappa shape index (κ2) is 8.61. The first kappa shape index (κ1) is 18.7. The summed E-state index contributed by atoms with van der Waals surface area (Å²) in [5, 5.41) is 2.76. The van der Waals surface area contributed by atoms with E-state index in [0.717, 1.165) is 0 Å². The molecule has 1 aliphatic rings. The fourth-order valence-electron chi connectivity index (χ4n) is 3.68. The molecule has 3 aromatic rings. The average Bonchev–Trinajstić information content (AvgIpc) is 3.07. The maximum Gasteiger partial charge on any atom is 0.407 e. The van der Waals surface area contributed by atoms with Crippen LogP contribution in [0.5, 0.6) is 0 Å². The van der Waals surface area contributed by atoms with E-state index < -0.39 is 6.09 Å². The van der Waals surface area contributed by atoms with Crippen molar-refractivity contribution in [3.8, 4) is 11.1 Å². The third-order valence-corrected chi connectivity index (χ3v) is 5.07. The predicted molar refractivity (Wildman–Crippen MR) is 114 cm³/mol. The second-order valence-electron chi connectivity index (χ2n) is 6.90. The lowest BCUT2D eigenvalue weighted by Crippen LogP contribution is -2.26. The highest BCUT2D eigenvalue weighted by Crippen LogP contribution is 2.44. The van der Waals surface area contributed by atoms with E-state index in [1.807, 2.05) is 30.3 Å². The standard InChI is InChI=1S/C24H22N2O3/c27-23-17(9-7-15-25-23)8-5-6-14-26-24(28)29-16-22-20-12-3-1-10-18(20)19-11-2-4-13-21(19)22/h1-5,7-13,15,22H,6,14,16H2,(H,25,27)(H,26,28). The van der Waals surface area contributed by atoms with Gasteiger partial charge in [0.25, 0.3) is 5.56 Å². The van der Waals surface area contributed by atoms with Gasteiger partial charge >= 0.3 is 6.09 Å². The lowest BCUT2D eigenvalue weighted by Gasteiger charge is -2.14. The van der Waals surface area contributed by atoms with Gasteiger partial charge in [0, 0.05) is 24.2 Å². The van der Waals surface area contributed by atoms with E-state index in [4.69, 9.17) is 4.74 Å². The van der Waals surface area contributed by atoms with Gasteiger partial charge in [0.15, 0.2) is 0 Å². The molecule has 0 atom stereocenters. The maximum atomic E-state index is 12.1. The van der Waals surface area contributed by atoms with E-state index in [9.17, 15) is 9.59 Å². The van der Waals surface area contributed by atoms with Crippen LogP contribution in [0.4, 0.5) is 4.79 Å². The van der Waals surface area contributed by atoms with Gasteiger partial charge in [-0.1, -0.05) is 60.7 Å². The molecule has 2 aromatic carbocycles. The van der Waals surface area contributed by atoms with E-state index in [-0.39, 0.29) is 11.5 Å². The second-order valence-corrected chi connectivity index (χ2v) is 6.90. The van der Waals surface area contributed by atoms with Gasteiger partial charge in [-0.2, -0.15) is 0 Å². The van der Waals surface area contributed by atoms with Gasteiger partial charge in [0.05, 0.1) is 0 Å². The molecule has 0 saturated heterocycles. The highest BCUT2D eigenvalue weighted by molar-refractivity contribution is 5.79. The van der Waals surface area contributed by atoms with Crippen LogP contribution in [0.1, 0.15) is 29.0 Å². The molecule has 0 fully saturated rings. The number of amides is 1. The van der Waals surface area contributed by atoms with Crippen molar-refractivity contribution < 1.29 is 9.53 Å². The van der Waals surface area contributed by atoms with Gasteiger partial charge in [-0.3, -0.25) is 4.79 Å². The van der Waals surface area contributed by atoms with Crippen LogP contribution < -0.4 is 10.9 Å². The normalized spacial score (nSPS) is 12.6. The summed E-state index contributed by atoms with van der Waals surface area (Å²) in [5.41, 5.74) is 5.26. The Labute approximate surface area is 169 Å². The van der Waals surface area contributed by atoms with Gasteiger partial charge < -0.3 is 15.0 Å². The Morgan fingerprint density at radius 2 is 1.69 bits per heavy atom. The molecule has 0 saturated carbocycles. The molecule has 4 rings (SSSR count). The molecule has 0 radical (unpaired) electrons. The van der Waals surface area contributed by atoms with Gasteiger partial charge in [-0.15, -0.1) is 0 Å². The van der Waals surface area contributed by atoms with Crippen LogP contribution in [0.15, 0.2) is 77.7 Å². The molecule has 0 bridgehead atoms. The van der Waals surface area contributed by atoms with E-state index in [1.54, 1.807) is 24.4 Å². The predicted octanol–water partition coefficient (Wildman–Crippen LogP) is 4.32. The van der Waals surface area contributed by atoms with E-state index in [1.165, 1.54) is 22.3 Å². The number of hydrogen-bond donors (Lipinski definition) is 2. The molecule has 1 aromatic heterocycles. The number of rotatable bonds is 6. The molecule has 29 heavy (non-hydrogen) atoms. The molecule has 5 nitrogen and oxygen atoms in total. The summed E-state index contributed by atoms with van der Waals surface area (Å²) in [5.74, 6) is 0.0536. The summed E-state index contributed by atoms with van der Waals surface area (Å²) in [7, 11) is 0. The molecule has 1 aliphatic carbocycles. The minimum Gasteiger partial charge on any atom is -0.449 e. The molecular weight excluding hydrogens is 364 g/mol. The quantitative estimate of drug-likeness (QED) is 0.620. The summed E-state index contributed by atoms with van der Waals surface area (Å²) >= 11 is 0. The Balaban J connectivity index is 1.29. The summed E-state index contributed by atoms with van der Waals surface area (Å²) in [6.07, 6.45) is 5.38. The number of carbonyl (C=O) groups is 1. The van der Waals surface area contributed by atoms with Crippen LogP contribution in [0.25, 0.3) is 17.2 Å². The number of nitrogens with one attached hydrogen (secondary N) is 2. The first-order valence-electron chi connectivity index (χ1n) is 9.67. The summed E-state index contributed by atoms with van der Waals surface area (Å²) in [4.78, 5) is 26.3. The minimum atomic E-state index is -0.433. The highest BCUT2D eigenvalue weighted by atomic mass is 16.5. The number of aromatic nitrogens is 1. The lowest BCUT2D eigenvalue weighted by molar-refractivity contribution is 0.143. The van der Waals surface area contributed by atoms with Gasteiger partial charge in [-0.25, -0.2) is 4.79 Å². The zero-order valence-electron chi connectivity index (χ0n) is 15.9. The number of carbonyl (C=O) groups excluding carboxylic acids is 1. The zero-order chi connectivity index (χ0) is 20.1. The number of H-pyrrole nitrogens is 1. The average molecular weight is 386 g/mol. The first-order valence-corrected chi connectivity index (χ1v) is 9.67. The number of alkyl carbamates (subject to hydrolysis) is 1. The molecule has 1 amide bonds. The molecule has 5 heteroatoms. The number of fused-ring (bicyclic) bond motifs is 3. The topological polar surface area (TPSA) is 71.2 Å². The summed E-state index contributed by atoms with van der Waals surface area (Å²) in [6, 6.07) is 20.0. The lowest BCUT2D eigenvalue weighted by atomic mass is 9.98. The van der Waals surface area contributed by atoms with Crippen LogP contribution in [-0.2, 0) is 4.74 Å². The van der Waals surface area contributed by atoms with Crippen LogP contribution in [-0.4, -0.2) is 24.2 Å². The van der Waals surface area contributed by atoms with Crippen LogP contribution in [0, 0.1) is 0 Å². The van der Waals surface area contributed by atoms with Crippen molar-refractivity contribution in [2.45, 2.75) is 12.3 Å². The molecule has 0 unspecified atom stereocenters. The van der Waals surface area contributed by atoms with Crippen molar-refractivity contribution >= 4 is 12.2 Å². The molecular formula is C24H22N2O3. The molecule has 0 spiro atoms. The van der Waals surface area contributed by atoms with Crippen molar-refractivity contribution in [3.05, 3.63) is 100.0 Å². The third kappa shape index (κ3) is 4.14. The van der Waals surface area contributed by atoms with E-state index >= 15 is 0 Å². The van der Waals surface area contributed by atoms with Crippen LogP contribution in [0.2, 0.25) is 0 Å². The summed E-state index contributed by atoms with van der Waals surface area (Å²) < 4.78 is 5.49. The number of pyridine rings is 1. The number of aromatic amines is 1. The van der Waals surface area contributed by atoms with E-state index in [2.05, 4.69) is 34.6 Å². The Hall–Kier alpha value is -3.60. The Morgan fingerprint density at radius 1 is 1.00 bits per heavy atom. The summed E-state index contributed by atoms with van der Waals surface area (Å²) in [6.45, 7) is 0.743. The number of benzene rings is 2. The Kier molecular flexibility index (Phi) is 5.56. The van der Waals surface area contributed by atoms with E-state index in [0.29, 0.717) is 25.1 Å². The van der Waals surface area contributed by atoms with Gasteiger partial charge in [-0.05, 0) is 40.8 Å². The molecule has 146 valence electrons. The fourth-order valence-corrected chi connectivity index (χ4v) is 3.68. The number of ether oxygens (including phenoxy) is 1. The molecule has 1 heterocycles. The van der Waals surface area contributed by atoms with Crippen molar-refractivity contribution in [2.24, 2.45) is 0 Å². The van der Waals surface area contributed by atoms with Crippen molar-refractivity contribution in [1.29, 1.82) is 0 Å². The van der Waals surface area contributed by atoms with Gasteiger partial charge in [0.1, 0.15) is 6.61 Å². The Morgan fingerprint density at radius 3 is 2.38 bits per heavy atom. The molecule has 2 N–H and O–H groups in total. The molecule has 0 aliphatic heterocycles. The van der Waals surface area contributed by atoms with Crippen molar-refractivity contribution in [1.82, 2.24) is 10.3 Å². The fraction of sp³-hybridized carbons (Fsp3) is 0.167. The van der Waals surface area contributed by atoms with Crippen molar-refractivity contribution in [2.75, 3.05) is 13.2 Å². The van der Waals surface area contributed by atoms with Gasteiger partial charge in [0.2, 0.25) is 0 Å². The van der Waals surface area contributed by atoms with Crippen molar-refractivity contribution in [3.63, 3.8) is 0 Å². The third-order valence-electron chi connectivity index (χ3n) is 5.07. The van der Waals surface area contributed by atoms with Crippen LogP contribution in [0.3, 0.4) is 0 Å². The smallest absolute Gasteiger partial charge is 0.407 e.